The van der Waals surface area contributed by atoms with Gasteiger partial charge < -0.3 is 19.1 Å². The SMILES string of the molecule is C=C(C)[C@H]1C(=O)c2c3c(cc4c5c(n1c24)C1(C)C(CCC2[C@]4(C)CCCO[C@H]4CC[C@@]21C)C5)C1=CC(C)(C)OC(C)(C)C1[C@@H]3O. The van der Waals surface area contributed by atoms with Gasteiger partial charge in [-0.2, -0.15) is 0 Å². The number of hydrogen-bond acceptors (Lipinski definition) is 4. The molecule has 1 N–H and O–H groups in total. The number of aliphatic hydroxyl groups is 1. The molecule has 9 atom stereocenters. The Morgan fingerprint density at radius 2 is 1.82 bits per heavy atom. The van der Waals surface area contributed by atoms with Gasteiger partial charge in [-0.15, -0.1) is 0 Å². The van der Waals surface area contributed by atoms with Crippen LogP contribution in [-0.2, 0) is 21.3 Å². The molecule has 7 aliphatic rings. The summed E-state index contributed by atoms with van der Waals surface area (Å²) in [4.78, 5) is 14.8. The first-order valence-corrected chi connectivity index (χ1v) is 17.7. The van der Waals surface area contributed by atoms with Crippen LogP contribution in [0.15, 0.2) is 24.3 Å². The van der Waals surface area contributed by atoms with Gasteiger partial charge in [-0.1, -0.05) is 32.9 Å². The van der Waals surface area contributed by atoms with Gasteiger partial charge in [0.1, 0.15) is 6.04 Å². The second-order valence-corrected chi connectivity index (χ2v) is 17.9. The van der Waals surface area contributed by atoms with Crippen molar-refractivity contribution >= 4 is 22.3 Å². The predicted molar refractivity (Wildman–Crippen MR) is 177 cm³/mol. The Kier molecular flexibility index (Phi) is 5.43. The molecule has 3 fully saturated rings. The number of fused-ring (bicyclic) bond motifs is 13. The van der Waals surface area contributed by atoms with Crippen LogP contribution in [0, 0.1) is 28.6 Å². The van der Waals surface area contributed by atoms with Gasteiger partial charge in [-0.05, 0) is 131 Å². The molecule has 2 saturated carbocycles. The lowest BCUT2D eigenvalue weighted by atomic mass is 9.40. The van der Waals surface area contributed by atoms with E-state index in [9.17, 15) is 9.90 Å². The normalized spacial score (nSPS) is 43.2. The monoisotopic (exact) mass is 609 g/mol. The molecule has 1 aromatic heterocycles. The summed E-state index contributed by atoms with van der Waals surface area (Å²) in [7, 11) is 0. The molecule has 0 radical (unpaired) electrons. The van der Waals surface area contributed by atoms with Crippen LogP contribution in [0.2, 0.25) is 0 Å². The number of allylic oxidation sites excluding steroid dienone is 1. The third-order valence-electron chi connectivity index (χ3n) is 14.8. The zero-order chi connectivity index (χ0) is 31.8. The zero-order valence-corrected chi connectivity index (χ0v) is 28.6. The summed E-state index contributed by atoms with van der Waals surface area (Å²) in [5, 5.41) is 13.4. The number of aliphatic hydroxyl groups excluding tert-OH is 1. The molecule has 0 amide bonds. The number of carbonyl (C=O) groups excluding carboxylic acids is 1. The molecule has 45 heavy (non-hydrogen) atoms. The van der Waals surface area contributed by atoms with E-state index in [2.05, 4.69) is 71.8 Å². The summed E-state index contributed by atoms with van der Waals surface area (Å²) in [6.45, 7) is 23.5. The molecular weight excluding hydrogens is 558 g/mol. The summed E-state index contributed by atoms with van der Waals surface area (Å²) < 4.78 is 15.5. The number of hydrogen-bond donors (Lipinski definition) is 1. The minimum atomic E-state index is -0.788. The molecule has 5 nitrogen and oxygen atoms in total. The Balaban J connectivity index is 1.32. The maximum absolute atomic E-state index is 14.8. The summed E-state index contributed by atoms with van der Waals surface area (Å²) in [5.41, 5.74) is 7.79. The van der Waals surface area contributed by atoms with Crippen LogP contribution in [0.1, 0.15) is 139 Å². The first-order valence-electron chi connectivity index (χ1n) is 17.7. The van der Waals surface area contributed by atoms with Crippen molar-refractivity contribution in [3.63, 3.8) is 0 Å². The number of Topliss-reactive ketones (excluding diaryl/α,β-unsaturated/α-hetero) is 1. The van der Waals surface area contributed by atoms with E-state index in [1.165, 1.54) is 42.3 Å². The van der Waals surface area contributed by atoms with Gasteiger partial charge in [0.15, 0.2) is 5.78 Å². The van der Waals surface area contributed by atoms with Crippen LogP contribution < -0.4 is 0 Å². The molecule has 0 spiro atoms. The predicted octanol–water partition coefficient (Wildman–Crippen LogP) is 8.41. The van der Waals surface area contributed by atoms with E-state index >= 15 is 0 Å². The van der Waals surface area contributed by atoms with E-state index in [4.69, 9.17) is 9.47 Å². The first-order chi connectivity index (χ1) is 21.1. The molecule has 3 aliphatic heterocycles. The van der Waals surface area contributed by atoms with Gasteiger partial charge in [-0.3, -0.25) is 4.79 Å². The standard InChI is InChI=1S/C40H51NO4/c1-20(2)31-34(43)29-28-22(25-19-36(3,4)45-37(5,6)30(25)33(28)42)18-23-24-17-21-11-12-26-38(7)14-10-16-44-27(38)13-15-39(26,8)40(21,9)35(24)41(31)32(23)29/h18-19,21,26-27,30-31,33,42H,1,10-17H2,2-9H3/t21?,26?,27-,30?,31-,33+,38-,39-,40?/m0/s1. The van der Waals surface area contributed by atoms with E-state index in [0.717, 1.165) is 59.2 Å². The summed E-state index contributed by atoms with van der Waals surface area (Å²) >= 11 is 0. The van der Waals surface area contributed by atoms with Crippen molar-refractivity contribution in [3.05, 3.63) is 52.2 Å². The van der Waals surface area contributed by atoms with Crippen LogP contribution in [0.3, 0.4) is 0 Å². The van der Waals surface area contributed by atoms with Crippen LogP contribution >= 0.6 is 0 Å². The van der Waals surface area contributed by atoms with Crippen molar-refractivity contribution in [1.29, 1.82) is 0 Å². The van der Waals surface area contributed by atoms with Gasteiger partial charge in [0.25, 0.3) is 0 Å². The molecule has 1 aromatic carbocycles. The molecule has 0 bridgehead atoms. The van der Waals surface area contributed by atoms with Crippen LogP contribution in [0.25, 0.3) is 16.5 Å². The Labute approximate surface area is 268 Å². The number of benzene rings is 1. The lowest BCUT2D eigenvalue weighted by molar-refractivity contribution is -0.202. The van der Waals surface area contributed by atoms with Crippen LogP contribution in [-0.4, -0.2) is 39.4 Å². The van der Waals surface area contributed by atoms with E-state index < -0.39 is 23.3 Å². The second-order valence-electron chi connectivity index (χ2n) is 17.9. The molecule has 2 aromatic rings. The molecular formula is C40H51NO4. The summed E-state index contributed by atoms with van der Waals surface area (Å²) in [6.07, 6.45) is 10.0. The van der Waals surface area contributed by atoms with Crippen molar-refractivity contribution < 1.29 is 19.4 Å². The number of rotatable bonds is 1. The largest absolute Gasteiger partial charge is 0.388 e. The van der Waals surface area contributed by atoms with Crippen molar-refractivity contribution in [2.45, 2.75) is 135 Å². The maximum Gasteiger partial charge on any atom is 0.192 e. The summed E-state index contributed by atoms with van der Waals surface area (Å²) in [6, 6.07) is 1.95. The quantitative estimate of drug-likeness (QED) is 0.330. The fourth-order valence-electron chi connectivity index (χ4n) is 13.2. The molecule has 1 saturated heterocycles. The lowest BCUT2D eigenvalue weighted by Gasteiger charge is -2.66. The minimum Gasteiger partial charge on any atom is -0.388 e. The number of ether oxygens (including phenoxy) is 2. The second kappa shape index (κ2) is 8.44. The van der Waals surface area contributed by atoms with Gasteiger partial charge in [-0.25, -0.2) is 0 Å². The highest BCUT2D eigenvalue weighted by atomic mass is 16.5. The number of carbonyl (C=O) groups is 1. The van der Waals surface area contributed by atoms with Crippen molar-refractivity contribution in [2.75, 3.05) is 6.61 Å². The van der Waals surface area contributed by atoms with Gasteiger partial charge in [0, 0.05) is 34.6 Å². The van der Waals surface area contributed by atoms with E-state index in [1.54, 1.807) is 0 Å². The fourth-order valence-corrected chi connectivity index (χ4v) is 13.2. The topological polar surface area (TPSA) is 60.7 Å². The zero-order valence-electron chi connectivity index (χ0n) is 28.6. The fraction of sp³-hybridized carbons (Fsp3) is 0.675. The third-order valence-corrected chi connectivity index (χ3v) is 14.8. The van der Waals surface area contributed by atoms with E-state index in [-0.39, 0.29) is 27.9 Å². The number of aromatic nitrogens is 1. The van der Waals surface area contributed by atoms with Crippen molar-refractivity contribution in [3.8, 4) is 0 Å². The Morgan fingerprint density at radius 3 is 2.56 bits per heavy atom. The molecule has 9 rings (SSSR count). The highest BCUT2D eigenvalue weighted by Crippen LogP contribution is 2.72. The molecule has 4 aliphatic carbocycles. The van der Waals surface area contributed by atoms with Gasteiger partial charge in [0.05, 0.1) is 34.5 Å². The van der Waals surface area contributed by atoms with Crippen molar-refractivity contribution in [1.82, 2.24) is 4.57 Å². The van der Waals surface area contributed by atoms with Crippen molar-refractivity contribution in [2.24, 2.45) is 28.6 Å². The summed E-state index contributed by atoms with van der Waals surface area (Å²) in [5.74, 6) is 1.04. The number of nitrogens with zero attached hydrogens (tertiary/aromatic N) is 1. The molecule has 5 heteroatoms. The molecule has 240 valence electrons. The van der Waals surface area contributed by atoms with Gasteiger partial charge in [0.2, 0.25) is 0 Å². The molecule has 4 heterocycles. The van der Waals surface area contributed by atoms with Crippen LogP contribution in [0.4, 0.5) is 0 Å². The average molecular weight is 610 g/mol. The van der Waals surface area contributed by atoms with E-state index in [1.807, 2.05) is 6.92 Å². The minimum absolute atomic E-state index is 0.0567. The third kappa shape index (κ3) is 3.16. The number of ketones is 1. The van der Waals surface area contributed by atoms with Crippen LogP contribution in [0.5, 0.6) is 0 Å². The highest BCUT2D eigenvalue weighted by molar-refractivity contribution is 6.18. The first kappa shape index (κ1) is 29.0. The molecule has 4 unspecified atom stereocenters. The Bertz CT molecular complexity index is 1770. The highest BCUT2D eigenvalue weighted by Gasteiger charge is 2.68. The maximum atomic E-state index is 14.8. The Morgan fingerprint density at radius 1 is 1.07 bits per heavy atom. The average Bonchev–Trinajstić information content (AvgIpc) is 3.61. The van der Waals surface area contributed by atoms with E-state index in [0.29, 0.717) is 17.9 Å². The van der Waals surface area contributed by atoms with Gasteiger partial charge >= 0.3 is 0 Å². The smallest absolute Gasteiger partial charge is 0.192 e. The Hall–Kier alpha value is -2.21. The lowest BCUT2D eigenvalue weighted by Crippen LogP contribution is -2.63.